The van der Waals surface area contributed by atoms with Crippen molar-refractivity contribution in [3.63, 3.8) is 0 Å². The molecule has 2 aliphatic rings. The summed E-state index contributed by atoms with van der Waals surface area (Å²) >= 11 is 0. The number of ketones is 1. The van der Waals surface area contributed by atoms with Crippen LogP contribution in [0.2, 0.25) is 0 Å². The lowest BCUT2D eigenvalue weighted by molar-refractivity contribution is -0.125. The Labute approximate surface area is 153 Å². The number of carbonyl (C=O) groups excluding carboxylic acids is 1. The number of rotatable bonds is 3. The van der Waals surface area contributed by atoms with E-state index < -0.39 is 0 Å². The van der Waals surface area contributed by atoms with E-state index in [9.17, 15) is 9.90 Å². The molecule has 0 aliphatic heterocycles. The molecule has 3 rings (SSSR count). The van der Waals surface area contributed by atoms with Crippen LogP contribution in [-0.2, 0) is 10.2 Å². The SMILES string of the molecule is Cc1cc(C2(C3CCC(=O)C(C)C3)CCC(C(C)C)CC2)ccc1O. The van der Waals surface area contributed by atoms with Crippen LogP contribution in [0, 0.1) is 30.6 Å². The van der Waals surface area contributed by atoms with E-state index in [4.69, 9.17) is 0 Å². The van der Waals surface area contributed by atoms with E-state index >= 15 is 0 Å². The summed E-state index contributed by atoms with van der Waals surface area (Å²) in [5, 5.41) is 9.98. The smallest absolute Gasteiger partial charge is 0.135 e. The molecule has 2 nitrogen and oxygen atoms in total. The molecular weight excluding hydrogens is 308 g/mol. The van der Waals surface area contributed by atoms with E-state index in [0.29, 0.717) is 17.5 Å². The number of aromatic hydroxyl groups is 1. The number of phenols is 1. The van der Waals surface area contributed by atoms with Crippen LogP contribution in [-0.4, -0.2) is 10.9 Å². The van der Waals surface area contributed by atoms with Gasteiger partial charge in [0, 0.05) is 12.3 Å². The van der Waals surface area contributed by atoms with Crippen LogP contribution in [0.4, 0.5) is 0 Å². The largest absolute Gasteiger partial charge is 0.508 e. The van der Waals surface area contributed by atoms with Gasteiger partial charge in [-0.25, -0.2) is 0 Å². The van der Waals surface area contributed by atoms with Crippen molar-refractivity contribution in [3.8, 4) is 5.75 Å². The van der Waals surface area contributed by atoms with Crippen molar-refractivity contribution in [3.05, 3.63) is 29.3 Å². The van der Waals surface area contributed by atoms with Crippen molar-refractivity contribution < 1.29 is 9.90 Å². The lowest BCUT2D eigenvalue weighted by Gasteiger charge is -2.49. The average Bonchev–Trinajstić information content (AvgIpc) is 2.59. The molecule has 0 heterocycles. The van der Waals surface area contributed by atoms with Crippen molar-refractivity contribution in [2.75, 3.05) is 0 Å². The molecule has 0 radical (unpaired) electrons. The zero-order valence-corrected chi connectivity index (χ0v) is 16.3. The second-order valence-electron chi connectivity index (χ2n) is 9.08. The zero-order chi connectivity index (χ0) is 18.2. The first-order chi connectivity index (χ1) is 11.8. The lowest BCUT2D eigenvalue weighted by Crippen LogP contribution is -2.43. The van der Waals surface area contributed by atoms with Gasteiger partial charge in [-0.05, 0) is 85.8 Å². The Hall–Kier alpha value is -1.31. The van der Waals surface area contributed by atoms with Crippen molar-refractivity contribution in [2.24, 2.45) is 23.7 Å². The highest BCUT2D eigenvalue weighted by atomic mass is 16.3. The molecule has 138 valence electrons. The number of benzene rings is 1. The molecule has 1 aromatic rings. The molecule has 0 bridgehead atoms. The van der Waals surface area contributed by atoms with Gasteiger partial charge in [-0.3, -0.25) is 4.79 Å². The number of hydrogen-bond donors (Lipinski definition) is 1. The first kappa shape index (κ1) is 18.5. The van der Waals surface area contributed by atoms with Crippen molar-refractivity contribution in [1.82, 2.24) is 0 Å². The fourth-order valence-corrected chi connectivity index (χ4v) is 5.46. The predicted octanol–water partition coefficient (Wildman–Crippen LogP) is 5.79. The molecule has 2 heteroatoms. The standard InChI is InChI=1S/C23H34O2/c1-15(2)18-9-11-23(12-10-18,19-5-7-21(24)16(3)13-19)20-6-8-22(25)17(4)14-20/h5,7,13,15,17-18,20,24H,6,8-12,14H2,1-4H3. The van der Waals surface area contributed by atoms with E-state index in [1.54, 1.807) is 0 Å². The van der Waals surface area contributed by atoms with E-state index in [1.807, 2.05) is 13.0 Å². The van der Waals surface area contributed by atoms with E-state index in [1.165, 1.54) is 31.2 Å². The zero-order valence-electron chi connectivity index (χ0n) is 16.3. The van der Waals surface area contributed by atoms with Gasteiger partial charge < -0.3 is 5.11 Å². The minimum Gasteiger partial charge on any atom is -0.508 e. The first-order valence-electron chi connectivity index (χ1n) is 10.2. The summed E-state index contributed by atoms with van der Waals surface area (Å²) in [5.41, 5.74) is 2.57. The summed E-state index contributed by atoms with van der Waals surface area (Å²) in [7, 11) is 0. The monoisotopic (exact) mass is 342 g/mol. The molecular formula is C23H34O2. The van der Waals surface area contributed by atoms with Gasteiger partial charge in [-0.15, -0.1) is 0 Å². The van der Waals surface area contributed by atoms with Crippen LogP contribution >= 0.6 is 0 Å². The second-order valence-corrected chi connectivity index (χ2v) is 9.08. The Kier molecular flexibility index (Phi) is 5.27. The Bertz CT molecular complexity index is 623. The number of hydrogen-bond acceptors (Lipinski definition) is 2. The van der Waals surface area contributed by atoms with Crippen LogP contribution in [0.15, 0.2) is 18.2 Å². The summed E-state index contributed by atoms with van der Waals surface area (Å²) < 4.78 is 0. The van der Waals surface area contributed by atoms with Gasteiger partial charge in [0.15, 0.2) is 0 Å². The lowest BCUT2D eigenvalue weighted by atomic mass is 9.55. The van der Waals surface area contributed by atoms with Crippen LogP contribution in [0.5, 0.6) is 5.75 Å². The third kappa shape index (κ3) is 3.50. The van der Waals surface area contributed by atoms with E-state index in [-0.39, 0.29) is 11.3 Å². The highest BCUT2D eigenvalue weighted by Gasteiger charge is 2.45. The van der Waals surface area contributed by atoms with Gasteiger partial charge in [0.05, 0.1) is 0 Å². The van der Waals surface area contributed by atoms with Gasteiger partial charge >= 0.3 is 0 Å². The quantitative estimate of drug-likeness (QED) is 0.755. The minimum absolute atomic E-state index is 0.193. The Morgan fingerprint density at radius 2 is 1.84 bits per heavy atom. The topological polar surface area (TPSA) is 37.3 Å². The summed E-state index contributed by atoms with van der Waals surface area (Å²) in [4.78, 5) is 12.1. The highest BCUT2D eigenvalue weighted by molar-refractivity contribution is 5.81. The number of Topliss-reactive ketones (excluding diaryl/α,β-unsaturated/α-hetero) is 1. The Balaban J connectivity index is 1.94. The molecule has 0 saturated heterocycles. The van der Waals surface area contributed by atoms with Crippen molar-refractivity contribution in [1.29, 1.82) is 0 Å². The number of phenolic OH excluding ortho intramolecular Hbond substituents is 1. The van der Waals surface area contributed by atoms with E-state index in [2.05, 4.69) is 32.9 Å². The van der Waals surface area contributed by atoms with Crippen LogP contribution < -0.4 is 0 Å². The molecule has 1 aromatic carbocycles. The van der Waals surface area contributed by atoms with Gasteiger partial charge in [0.25, 0.3) is 0 Å². The fraction of sp³-hybridized carbons (Fsp3) is 0.696. The molecule has 1 N–H and O–H groups in total. The van der Waals surface area contributed by atoms with Gasteiger partial charge in [0.1, 0.15) is 11.5 Å². The van der Waals surface area contributed by atoms with Gasteiger partial charge in [-0.1, -0.05) is 32.9 Å². The third-order valence-electron chi connectivity index (χ3n) is 7.35. The van der Waals surface area contributed by atoms with Gasteiger partial charge in [-0.2, -0.15) is 0 Å². The van der Waals surface area contributed by atoms with Gasteiger partial charge in [0.2, 0.25) is 0 Å². The number of aryl methyl sites for hydroxylation is 1. The van der Waals surface area contributed by atoms with E-state index in [0.717, 1.165) is 36.7 Å². The van der Waals surface area contributed by atoms with Crippen LogP contribution in [0.1, 0.15) is 76.8 Å². The molecule has 2 atom stereocenters. The third-order valence-corrected chi connectivity index (χ3v) is 7.35. The predicted molar refractivity (Wildman–Crippen MR) is 103 cm³/mol. The maximum absolute atomic E-state index is 12.1. The summed E-state index contributed by atoms with van der Waals surface area (Å²) in [6, 6.07) is 6.24. The fourth-order valence-electron chi connectivity index (χ4n) is 5.46. The Morgan fingerprint density at radius 3 is 2.40 bits per heavy atom. The normalized spacial score (nSPS) is 33.6. The summed E-state index contributed by atoms with van der Waals surface area (Å²) in [6.07, 6.45) is 7.85. The maximum atomic E-state index is 12.1. The number of carbonyl (C=O) groups is 1. The molecule has 0 spiro atoms. The Morgan fingerprint density at radius 1 is 1.16 bits per heavy atom. The molecule has 2 fully saturated rings. The molecule has 0 aromatic heterocycles. The van der Waals surface area contributed by atoms with Crippen LogP contribution in [0.25, 0.3) is 0 Å². The molecule has 2 aliphatic carbocycles. The second kappa shape index (κ2) is 7.13. The highest BCUT2D eigenvalue weighted by Crippen LogP contribution is 2.52. The summed E-state index contributed by atoms with van der Waals surface area (Å²) in [6.45, 7) is 8.82. The van der Waals surface area contributed by atoms with Crippen LogP contribution in [0.3, 0.4) is 0 Å². The first-order valence-corrected chi connectivity index (χ1v) is 10.2. The summed E-state index contributed by atoms with van der Waals surface area (Å²) in [5.74, 6) is 3.22. The molecule has 25 heavy (non-hydrogen) atoms. The maximum Gasteiger partial charge on any atom is 0.135 e. The molecule has 2 unspecified atom stereocenters. The minimum atomic E-state index is 0.193. The van der Waals surface area contributed by atoms with Crippen molar-refractivity contribution >= 4 is 5.78 Å². The molecule has 2 saturated carbocycles. The average molecular weight is 343 g/mol. The van der Waals surface area contributed by atoms with Crippen molar-refractivity contribution in [2.45, 2.75) is 78.1 Å². The molecule has 0 amide bonds.